The number of anilines is 1. The lowest BCUT2D eigenvalue weighted by atomic mass is 9.98. The molecule has 2 rings (SSSR count). The highest BCUT2D eigenvalue weighted by Crippen LogP contribution is 2.27. The van der Waals surface area contributed by atoms with Gasteiger partial charge in [-0.05, 0) is 48.2 Å². The molecule has 0 heterocycles. The number of carbonyl (C=O) groups is 2. The van der Waals surface area contributed by atoms with Crippen molar-refractivity contribution in [1.29, 1.82) is 5.26 Å². The Morgan fingerprint density at radius 2 is 1.81 bits per heavy atom. The summed E-state index contributed by atoms with van der Waals surface area (Å²) < 4.78 is 10.2. The summed E-state index contributed by atoms with van der Waals surface area (Å²) in [6, 6.07) is 14.2. The maximum atomic E-state index is 12.1. The number of aryl methyl sites for hydroxylation is 1. The minimum Gasteiger partial charge on any atom is -0.482 e. The number of nitriles is 1. The molecule has 2 aromatic rings. The first-order valence-corrected chi connectivity index (χ1v) is 8.58. The molecule has 6 heteroatoms. The SMILES string of the molecule is Cc1cccc(C(C)C)c1NC(=O)COC(=O)COc1ccc(C#N)cc1. The third kappa shape index (κ3) is 5.86. The molecule has 0 radical (unpaired) electrons. The van der Waals surface area contributed by atoms with Crippen molar-refractivity contribution in [2.24, 2.45) is 0 Å². The Hall–Kier alpha value is -3.33. The van der Waals surface area contributed by atoms with Crippen LogP contribution in [0.2, 0.25) is 0 Å². The fraction of sp³-hybridized carbons (Fsp3) is 0.286. The van der Waals surface area contributed by atoms with Gasteiger partial charge >= 0.3 is 5.97 Å². The van der Waals surface area contributed by atoms with E-state index in [0.717, 1.165) is 16.8 Å². The Balaban J connectivity index is 1.83. The number of esters is 1. The first-order valence-electron chi connectivity index (χ1n) is 8.58. The molecule has 27 heavy (non-hydrogen) atoms. The summed E-state index contributed by atoms with van der Waals surface area (Å²) in [5, 5.41) is 11.6. The highest BCUT2D eigenvalue weighted by Gasteiger charge is 2.14. The van der Waals surface area contributed by atoms with Crippen molar-refractivity contribution < 1.29 is 19.1 Å². The average molecular weight is 366 g/mol. The van der Waals surface area contributed by atoms with Crippen molar-refractivity contribution in [2.75, 3.05) is 18.5 Å². The lowest BCUT2D eigenvalue weighted by molar-refractivity contribution is -0.149. The standard InChI is InChI=1S/C21H22N2O4/c1-14(2)18-6-4-5-15(3)21(18)23-19(24)12-27-20(25)13-26-17-9-7-16(11-22)8-10-17/h4-10,14H,12-13H2,1-3H3,(H,23,24). The fourth-order valence-electron chi connectivity index (χ4n) is 2.47. The maximum absolute atomic E-state index is 12.1. The Bertz CT molecular complexity index is 851. The third-order valence-corrected chi connectivity index (χ3v) is 3.90. The molecule has 0 saturated carbocycles. The van der Waals surface area contributed by atoms with Gasteiger partial charge in [0.2, 0.25) is 0 Å². The minimum atomic E-state index is -0.650. The van der Waals surface area contributed by atoms with Crippen LogP contribution in [0.4, 0.5) is 5.69 Å². The average Bonchev–Trinajstić information content (AvgIpc) is 2.66. The predicted octanol–water partition coefficient (Wildman–Crippen LogP) is 3.55. The van der Waals surface area contributed by atoms with Crippen molar-refractivity contribution in [3.8, 4) is 11.8 Å². The van der Waals surface area contributed by atoms with Crippen LogP contribution in [0.5, 0.6) is 5.75 Å². The van der Waals surface area contributed by atoms with Crippen LogP contribution >= 0.6 is 0 Å². The molecule has 0 spiro atoms. The second-order valence-electron chi connectivity index (χ2n) is 6.33. The number of hydrogen-bond donors (Lipinski definition) is 1. The van der Waals surface area contributed by atoms with Gasteiger partial charge in [-0.25, -0.2) is 4.79 Å². The Morgan fingerprint density at radius 1 is 1.11 bits per heavy atom. The van der Waals surface area contributed by atoms with E-state index in [4.69, 9.17) is 14.7 Å². The number of nitrogens with one attached hydrogen (secondary N) is 1. The van der Waals surface area contributed by atoms with Crippen LogP contribution in [-0.4, -0.2) is 25.1 Å². The van der Waals surface area contributed by atoms with Crippen LogP contribution in [0.1, 0.15) is 36.5 Å². The lowest BCUT2D eigenvalue weighted by Crippen LogP contribution is -2.24. The number of ether oxygens (including phenoxy) is 2. The van der Waals surface area contributed by atoms with Crippen LogP contribution in [0, 0.1) is 18.3 Å². The first kappa shape index (κ1) is 20.0. The molecular formula is C21H22N2O4. The second-order valence-corrected chi connectivity index (χ2v) is 6.33. The van der Waals surface area contributed by atoms with Gasteiger partial charge in [0.25, 0.3) is 5.91 Å². The highest BCUT2D eigenvalue weighted by atomic mass is 16.6. The van der Waals surface area contributed by atoms with Crippen molar-refractivity contribution in [1.82, 2.24) is 0 Å². The van der Waals surface area contributed by atoms with Gasteiger partial charge in [0.05, 0.1) is 11.6 Å². The number of nitrogens with zero attached hydrogens (tertiary/aromatic N) is 1. The summed E-state index contributed by atoms with van der Waals surface area (Å²) in [5.41, 5.74) is 3.23. The van der Waals surface area contributed by atoms with Gasteiger partial charge in [-0.3, -0.25) is 4.79 Å². The summed E-state index contributed by atoms with van der Waals surface area (Å²) in [6.07, 6.45) is 0. The smallest absolute Gasteiger partial charge is 0.344 e. The van der Waals surface area contributed by atoms with Crippen molar-refractivity contribution in [3.63, 3.8) is 0 Å². The topological polar surface area (TPSA) is 88.4 Å². The normalized spacial score (nSPS) is 10.2. The second kappa shape index (κ2) is 9.39. The largest absolute Gasteiger partial charge is 0.482 e. The minimum absolute atomic E-state index is 0.253. The number of carbonyl (C=O) groups excluding carboxylic acids is 2. The summed E-state index contributed by atoms with van der Waals surface area (Å²) in [6.45, 7) is 5.30. The van der Waals surface area contributed by atoms with E-state index in [1.54, 1.807) is 24.3 Å². The van der Waals surface area contributed by atoms with Crippen molar-refractivity contribution in [3.05, 3.63) is 59.2 Å². The van der Waals surface area contributed by atoms with E-state index in [1.165, 1.54) is 0 Å². The number of para-hydroxylation sites is 1. The Labute approximate surface area is 158 Å². The molecule has 0 aromatic heterocycles. The number of rotatable bonds is 7. The van der Waals surface area contributed by atoms with Gasteiger partial charge in [-0.15, -0.1) is 0 Å². The molecule has 1 N–H and O–H groups in total. The molecule has 0 aliphatic carbocycles. The summed E-state index contributed by atoms with van der Waals surface area (Å²) in [5.74, 6) is -0.359. The van der Waals surface area contributed by atoms with Gasteiger partial charge in [-0.1, -0.05) is 32.0 Å². The Morgan fingerprint density at radius 3 is 2.44 bits per heavy atom. The summed E-state index contributed by atoms with van der Waals surface area (Å²) in [7, 11) is 0. The Kier molecular flexibility index (Phi) is 6.95. The van der Waals surface area contributed by atoms with Gasteiger partial charge in [-0.2, -0.15) is 5.26 Å². The molecule has 0 bridgehead atoms. The van der Waals surface area contributed by atoms with Crippen LogP contribution in [0.25, 0.3) is 0 Å². The zero-order valence-electron chi connectivity index (χ0n) is 15.6. The fourth-order valence-corrected chi connectivity index (χ4v) is 2.47. The first-order chi connectivity index (χ1) is 12.9. The van der Waals surface area contributed by atoms with Gasteiger partial charge < -0.3 is 14.8 Å². The molecule has 0 aliphatic heterocycles. The van der Waals surface area contributed by atoms with Crippen LogP contribution in [0.15, 0.2) is 42.5 Å². The van der Waals surface area contributed by atoms with Crippen molar-refractivity contribution in [2.45, 2.75) is 26.7 Å². The molecule has 0 atom stereocenters. The zero-order chi connectivity index (χ0) is 19.8. The molecule has 6 nitrogen and oxygen atoms in total. The van der Waals surface area contributed by atoms with E-state index >= 15 is 0 Å². The van der Waals surface area contributed by atoms with Crippen molar-refractivity contribution >= 4 is 17.6 Å². The molecular weight excluding hydrogens is 344 g/mol. The number of benzene rings is 2. The zero-order valence-corrected chi connectivity index (χ0v) is 15.6. The number of amides is 1. The van der Waals surface area contributed by atoms with E-state index in [2.05, 4.69) is 5.32 Å². The number of hydrogen-bond acceptors (Lipinski definition) is 5. The van der Waals surface area contributed by atoms with E-state index in [9.17, 15) is 9.59 Å². The van der Waals surface area contributed by atoms with Gasteiger partial charge in [0, 0.05) is 5.69 Å². The highest BCUT2D eigenvalue weighted by molar-refractivity contribution is 5.94. The molecule has 0 saturated heterocycles. The predicted molar refractivity (Wildman–Crippen MR) is 102 cm³/mol. The molecule has 0 fully saturated rings. The summed E-state index contributed by atoms with van der Waals surface area (Å²) >= 11 is 0. The monoisotopic (exact) mass is 366 g/mol. The van der Waals surface area contributed by atoms with E-state index in [-0.39, 0.29) is 19.1 Å². The molecule has 0 unspecified atom stereocenters. The third-order valence-electron chi connectivity index (χ3n) is 3.90. The maximum Gasteiger partial charge on any atom is 0.344 e. The lowest BCUT2D eigenvalue weighted by Gasteiger charge is -2.16. The van der Waals surface area contributed by atoms with Gasteiger partial charge in [0.15, 0.2) is 13.2 Å². The van der Waals surface area contributed by atoms with Gasteiger partial charge in [0.1, 0.15) is 5.75 Å². The van der Waals surface area contributed by atoms with E-state index < -0.39 is 11.9 Å². The summed E-state index contributed by atoms with van der Waals surface area (Å²) in [4.78, 5) is 23.9. The van der Waals surface area contributed by atoms with Crippen LogP contribution in [-0.2, 0) is 14.3 Å². The molecule has 0 aliphatic rings. The molecule has 2 aromatic carbocycles. The quantitative estimate of drug-likeness (QED) is 0.757. The van der Waals surface area contributed by atoms with E-state index in [1.807, 2.05) is 45.0 Å². The van der Waals surface area contributed by atoms with Crippen LogP contribution in [0.3, 0.4) is 0 Å². The molecule has 140 valence electrons. The molecule has 1 amide bonds. The van der Waals surface area contributed by atoms with Crippen LogP contribution < -0.4 is 10.1 Å². The van der Waals surface area contributed by atoms with E-state index in [0.29, 0.717) is 11.3 Å².